The van der Waals surface area contributed by atoms with Crippen molar-refractivity contribution in [2.75, 3.05) is 6.54 Å². The summed E-state index contributed by atoms with van der Waals surface area (Å²) in [5, 5.41) is 1.16. The molecule has 0 aliphatic heterocycles. The number of aromatic nitrogens is 1. The quantitative estimate of drug-likeness (QED) is 0.716. The fourth-order valence-corrected chi connectivity index (χ4v) is 2.57. The molecule has 3 rings (SSSR count). The first-order chi connectivity index (χ1) is 10.7. The highest BCUT2D eigenvalue weighted by Gasteiger charge is 2.10. The van der Waals surface area contributed by atoms with E-state index in [1.807, 2.05) is 45.0 Å². The van der Waals surface area contributed by atoms with Crippen LogP contribution in [0.4, 0.5) is 4.39 Å². The summed E-state index contributed by atoms with van der Waals surface area (Å²) in [6.07, 6.45) is 0.555. The van der Waals surface area contributed by atoms with Gasteiger partial charge >= 0.3 is 0 Å². The summed E-state index contributed by atoms with van der Waals surface area (Å²) in [5.41, 5.74) is 10.3. The van der Waals surface area contributed by atoms with Gasteiger partial charge in [0.15, 0.2) is 0 Å². The number of para-hydroxylation sites is 1. The summed E-state index contributed by atoms with van der Waals surface area (Å²) >= 11 is 0. The van der Waals surface area contributed by atoms with Gasteiger partial charge in [-0.3, -0.25) is 0 Å². The van der Waals surface area contributed by atoms with E-state index in [0.717, 1.165) is 27.7 Å². The molecule has 0 aliphatic carbocycles. The van der Waals surface area contributed by atoms with Crippen LogP contribution in [0.2, 0.25) is 0 Å². The topological polar surface area (TPSA) is 41.8 Å². The zero-order valence-corrected chi connectivity index (χ0v) is 13.4. The lowest BCUT2D eigenvalue weighted by Gasteiger charge is -2.08. The maximum Gasteiger partial charge on any atom is 0.126 e. The third-order valence-electron chi connectivity index (χ3n) is 3.63. The highest BCUT2D eigenvalue weighted by atomic mass is 19.1. The molecule has 22 heavy (non-hydrogen) atoms. The van der Waals surface area contributed by atoms with E-state index < -0.39 is 0 Å². The van der Waals surface area contributed by atoms with Crippen LogP contribution in [-0.2, 0) is 6.42 Å². The fourth-order valence-electron chi connectivity index (χ4n) is 2.57. The van der Waals surface area contributed by atoms with Gasteiger partial charge in [-0.2, -0.15) is 0 Å². The lowest BCUT2D eigenvalue weighted by molar-refractivity contribution is 0.608. The number of benzene rings is 2. The maximum atomic E-state index is 13.9. The van der Waals surface area contributed by atoms with Gasteiger partial charge in [-0.25, -0.2) is 4.39 Å². The monoisotopic (exact) mass is 298 g/mol. The molecule has 1 heterocycles. The summed E-state index contributed by atoms with van der Waals surface area (Å²) in [5.74, 6) is -0.173. The van der Waals surface area contributed by atoms with Gasteiger partial charge in [-0.1, -0.05) is 32.0 Å². The second-order valence-corrected chi connectivity index (χ2v) is 5.07. The normalized spacial score (nSPS) is 10.4. The van der Waals surface area contributed by atoms with Gasteiger partial charge in [-0.15, -0.1) is 0 Å². The van der Waals surface area contributed by atoms with Crippen LogP contribution in [0.15, 0.2) is 42.5 Å². The molecule has 0 atom stereocenters. The van der Waals surface area contributed by atoms with Crippen molar-refractivity contribution in [2.24, 2.45) is 5.73 Å². The van der Waals surface area contributed by atoms with Crippen LogP contribution in [0, 0.1) is 12.7 Å². The molecule has 3 aromatic rings. The van der Waals surface area contributed by atoms with E-state index in [1.54, 1.807) is 6.07 Å². The Bertz CT molecular complexity index is 726. The Hall–Kier alpha value is -2.13. The van der Waals surface area contributed by atoms with Crippen LogP contribution in [0.3, 0.4) is 0 Å². The van der Waals surface area contributed by atoms with E-state index in [1.165, 1.54) is 0 Å². The van der Waals surface area contributed by atoms with Crippen LogP contribution in [0.1, 0.15) is 25.0 Å². The minimum absolute atomic E-state index is 0.173. The standard InChI is InChI=1S/C17H17FN2.C2H6/c1-11-8-15(18)12(6-7-19)9-14(11)17-10-13-4-2-3-5-16(13)20-17;1-2/h2-5,8-10,20H,6-7,19H2,1H3;1-2H3. The Balaban J connectivity index is 0.000000847. The molecule has 0 saturated heterocycles. The highest BCUT2D eigenvalue weighted by molar-refractivity contribution is 5.86. The summed E-state index contributed by atoms with van der Waals surface area (Å²) < 4.78 is 13.9. The van der Waals surface area contributed by atoms with Crippen molar-refractivity contribution >= 4 is 10.9 Å². The van der Waals surface area contributed by atoms with Gasteiger partial charge in [0.2, 0.25) is 0 Å². The van der Waals surface area contributed by atoms with E-state index in [4.69, 9.17) is 5.73 Å². The predicted molar refractivity (Wildman–Crippen MR) is 92.5 cm³/mol. The predicted octanol–water partition coefficient (Wildman–Crippen LogP) is 4.81. The average molecular weight is 298 g/mol. The number of rotatable bonds is 3. The third kappa shape index (κ3) is 3.20. The number of halogens is 1. The molecule has 3 N–H and O–H groups in total. The molecular weight excluding hydrogens is 275 g/mol. The Morgan fingerprint density at radius 1 is 1.09 bits per heavy atom. The Morgan fingerprint density at radius 3 is 2.50 bits per heavy atom. The van der Waals surface area contributed by atoms with Crippen molar-refractivity contribution in [3.63, 3.8) is 0 Å². The molecule has 0 aliphatic rings. The van der Waals surface area contributed by atoms with Crippen LogP contribution in [0.25, 0.3) is 22.2 Å². The number of H-pyrrole nitrogens is 1. The van der Waals surface area contributed by atoms with Gasteiger partial charge in [0.05, 0.1) is 0 Å². The molecule has 0 amide bonds. The van der Waals surface area contributed by atoms with Crippen molar-refractivity contribution in [3.05, 3.63) is 59.4 Å². The Kier molecular flexibility index (Phi) is 5.34. The van der Waals surface area contributed by atoms with Gasteiger partial charge in [0, 0.05) is 22.2 Å². The summed E-state index contributed by atoms with van der Waals surface area (Å²) in [7, 11) is 0. The number of nitrogens with two attached hydrogens (primary N) is 1. The average Bonchev–Trinajstić information content (AvgIpc) is 2.95. The second kappa shape index (κ2) is 7.23. The first kappa shape index (κ1) is 16.2. The zero-order valence-electron chi connectivity index (χ0n) is 13.4. The second-order valence-electron chi connectivity index (χ2n) is 5.07. The molecule has 0 unspecified atom stereocenters. The smallest absolute Gasteiger partial charge is 0.126 e. The summed E-state index contributed by atoms with van der Waals surface area (Å²) in [6.45, 7) is 6.38. The number of aromatic amines is 1. The molecule has 1 aromatic heterocycles. The third-order valence-corrected chi connectivity index (χ3v) is 3.63. The van der Waals surface area contributed by atoms with Gasteiger partial charge < -0.3 is 10.7 Å². The molecule has 2 nitrogen and oxygen atoms in total. The first-order valence-corrected chi connectivity index (χ1v) is 7.76. The van der Waals surface area contributed by atoms with E-state index in [2.05, 4.69) is 17.1 Å². The molecule has 0 bridgehead atoms. The molecule has 0 radical (unpaired) electrons. The van der Waals surface area contributed by atoms with E-state index in [9.17, 15) is 4.39 Å². The fraction of sp³-hybridized carbons (Fsp3) is 0.263. The van der Waals surface area contributed by atoms with E-state index in [-0.39, 0.29) is 5.82 Å². The van der Waals surface area contributed by atoms with Crippen molar-refractivity contribution in [2.45, 2.75) is 27.2 Å². The summed E-state index contributed by atoms with van der Waals surface area (Å²) in [4.78, 5) is 3.39. The molecule has 0 spiro atoms. The number of aryl methyl sites for hydroxylation is 1. The molecule has 2 aromatic carbocycles. The Labute approximate surface area is 131 Å². The molecular formula is C19H23FN2. The van der Waals surface area contributed by atoms with Gasteiger partial charge in [0.1, 0.15) is 5.82 Å². The zero-order chi connectivity index (χ0) is 16.1. The van der Waals surface area contributed by atoms with E-state index >= 15 is 0 Å². The molecule has 116 valence electrons. The highest BCUT2D eigenvalue weighted by Crippen LogP contribution is 2.28. The minimum Gasteiger partial charge on any atom is -0.355 e. The summed E-state index contributed by atoms with van der Waals surface area (Å²) in [6, 6.07) is 13.7. The largest absolute Gasteiger partial charge is 0.355 e. The lowest BCUT2D eigenvalue weighted by Crippen LogP contribution is -2.05. The van der Waals surface area contributed by atoms with Crippen molar-refractivity contribution < 1.29 is 4.39 Å². The Morgan fingerprint density at radius 2 is 1.82 bits per heavy atom. The SMILES string of the molecule is CC.Cc1cc(F)c(CCN)cc1-c1cc2ccccc2[nH]1. The molecule has 3 heteroatoms. The minimum atomic E-state index is -0.173. The van der Waals surface area contributed by atoms with Crippen molar-refractivity contribution in [1.82, 2.24) is 4.98 Å². The lowest BCUT2D eigenvalue weighted by atomic mass is 10.00. The molecule has 0 saturated carbocycles. The van der Waals surface area contributed by atoms with Crippen LogP contribution in [-0.4, -0.2) is 11.5 Å². The number of nitrogens with one attached hydrogen (secondary N) is 1. The molecule has 0 fully saturated rings. The number of hydrogen-bond donors (Lipinski definition) is 2. The van der Waals surface area contributed by atoms with Crippen LogP contribution < -0.4 is 5.73 Å². The van der Waals surface area contributed by atoms with Crippen LogP contribution in [0.5, 0.6) is 0 Å². The van der Waals surface area contributed by atoms with Gasteiger partial charge in [-0.05, 0) is 55.3 Å². The first-order valence-electron chi connectivity index (χ1n) is 7.76. The maximum absolute atomic E-state index is 13.9. The number of hydrogen-bond acceptors (Lipinski definition) is 1. The van der Waals surface area contributed by atoms with Crippen molar-refractivity contribution in [3.8, 4) is 11.3 Å². The van der Waals surface area contributed by atoms with Crippen LogP contribution >= 0.6 is 0 Å². The van der Waals surface area contributed by atoms with Crippen molar-refractivity contribution in [1.29, 1.82) is 0 Å². The van der Waals surface area contributed by atoms with E-state index in [0.29, 0.717) is 18.5 Å². The number of fused-ring (bicyclic) bond motifs is 1. The van der Waals surface area contributed by atoms with Gasteiger partial charge in [0.25, 0.3) is 0 Å².